The Morgan fingerprint density at radius 2 is 1.90 bits per heavy atom. The summed E-state index contributed by atoms with van der Waals surface area (Å²) in [7, 11) is 2.15. The van der Waals surface area contributed by atoms with E-state index in [9.17, 15) is 4.39 Å². The third-order valence-electron chi connectivity index (χ3n) is 4.41. The third kappa shape index (κ3) is 4.01. The van der Waals surface area contributed by atoms with E-state index in [0.29, 0.717) is 6.04 Å². The number of nitrogens with two attached hydrogens (primary N) is 1. The lowest BCUT2D eigenvalue weighted by atomic mass is 10.0. The topological polar surface area (TPSA) is 32.5 Å². The van der Waals surface area contributed by atoms with Crippen molar-refractivity contribution >= 4 is 0 Å². The Morgan fingerprint density at radius 1 is 1.30 bits per heavy atom. The molecule has 1 aromatic rings. The number of piperidine rings is 1. The van der Waals surface area contributed by atoms with Crippen LogP contribution in [-0.4, -0.2) is 49.1 Å². The normalized spacial score (nSPS) is 19.4. The van der Waals surface area contributed by atoms with E-state index in [-0.39, 0.29) is 11.9 Å². The smallest absolute Gasteiger partial charge is 0.123 e. The molecule has 1 fully saturated rings. The van der Waals surface area contributed by atoms with Crippen LogP contribution in [0.1, 0.15) is 31.4 Å². The van der Waals surface area contributed by atoms with Crippen LogP contribution in [0.5, 0.6) is 0 Å². The van der Waals surface area contributed by atoms with Crippen LogP contribution in [0.2, 0.25) is 0 Å². The molecular formula is C16H26FN3. The number of benzene rings is 1. The van der Waals surface area contributed by atoms with Gasteiger partial charge < -0.3 is 15.5 Å². The van der Waals surface area contributed by atoms with Crippen LogP contribution in [-0.2, 0) is 0 Å². The Hall–Kier alpha value is -0.970. The van der Waals surface area contributed by atoms with Gasteiger partial charge in [0.25, 0.3) is 0 Å². The third-order valence-corrected chi connectivity index (χ3v) is 4.41. The molecule has 1 aliphatic rings. The van der Waals surface area contributed by atoms with Gasteiger partial charge in [-0.05, 0) is 57.2 Å². The molecule has 0 radical (unpaired) electrons. The van der Waals surface area contributed by atoms with E-state index >= 15 is 0 Å². The summed E-state index contributed by atoms with van der Waals surface area (Å²) in [6, 6.07) is 7.10. The number of likely N-dealkylation sites (tertiary alicyclic amines) is 1. The second kappa shape index (κ2) is 7.16. The second-order valence-corrected chi connectivity index (χ2v) is 5.76. The number of rotatable bonds is 5. The molecule has 3 nitrogen and oxygen atoms in total. The van der Waals surface area contributed by atoms with Crippen LogP contribution >= 0.6 is 0 Å². The Morgan fingerprint density at radius 3 is 2.45 bits per heavy atom. The molecule has 0 saturated carbocycles. The Bertz CT molecular complexity index is 399. The number of likely N-dealkylation sites (N-methyl/N-ethyl adjacent to an activating group) is 1. The summed E-state index contributed by atoms with van der Waals surface area (Å²) in [4.78, 5) is 4.85. The summed E-state index contributed by atoms with van der Waals surface area (Å²) in [6.45, 7) is 6.54. The fraction of sp³-hybridized carbons (Fsp3) is 0.625. The van der Waals surface area contributed by atoms with E-state index in [1.807, 2.05) is 0 Å². The summed E-state index contributed by atoms with van der Waals surface area (Å²) in [5.74, 6) is -0.207. The van der Waals surface area contributed by atoms with Crippen molar-refractivity contribution in [3.05, 3.63) is 35.6 Å². The average molecular weight is 279 g/mol. The van der Waals surface area contributed by atoms with Crippen molar-refractivity contribution in [3.8, 4) is 0 Å². The number of halogens is 1. The zero-order valence-corrected chi connectivity index (χ0v) is 12.6. The van der Waals surface area contributed by atoms with Crippen molar-refractivity contribution in [1.29, 1.82) is 0 Å². The maximum absolute atomic E-state index is 12.9. The minimum atomic E-state index is -0.207. The monoisotopic (exact) mass is 279 g/mol. The van der Waals surface area contributed by atoms with Crippen molar-refractivity contribution in [2.75, 3.05) is 33.2 Å². The van der Waals surface area contributed by atoms with E-state index in [1.54, 1.807) is 12.1 Å². The molecule has 1 atom stereocenters. The Kier molecular flexibility index (Phi) is 5.52. The molecule has 0 bridgehead atoms. The molecule has 2 rings (SSSR count). The van der Waals surface area contributed by atoms with Crippen LogP contribution in [0.4, 0.5) is 4.39 Å². The van der Waals surface area contributed by atoms with Gasteiger partial charge in [0.15, 0.2) is 0 Å². The maximum Gasteiger partial charge on any atom is 0.123 e. The molecule has 0 aromatic heterocycles. The minimum absolute atomic E-state index is 0.0511. The van der Waals surface area contributed by atoms with Gasteiger partial charge in [-0.2, -0.15) is 0 Å². The zero-order valence-electron chi connectivity index (χ0n) is 12.6. The highest BCUT2D eigenvalue weighted by molar-refractivity contribution is 5.19. The van der Waals surface area contributed by atoms with E-state index in [2.05, 4.69) is 23.8 Å². The molecule has 0 amide bonds. The zero-order chi connectivity index (χ0) is 14.5. The van der Waals surface area contributed by atoms with Crippen molar-refractivity contribution in [1.82, 2.24) is 9.80 Å². The molecule has 0 aliphatic carbocycles. The van der Waals surface area contributed by atoms with Gasteiger partial charge in [-0.25, -0.2) is 4.39 Å². The Labute approximate surface area is 121 Å². The first kappa shape index (κ1) is 15.4. The van der Waals surface area contributed by atoms with Crippen LogP contribution in [0, 0.1) is 5.82 Å². The van der Waals surface area contributed by atoms with Gasteiger partial charge in [0, 0.05) is 18.6 Å². The Balaban J connectivity index is 1.84. The van der Waals surface area contributed by atoms with Crippen molar-refractivity contribution < 1.29 is 4.39 Å². The summed E-state index contributed by atoms with van der Waals surface area (Å²) < 4.78 is 12.9. The largest absolute Gasteiger partial charge is 0.323 e. The van der Waals surface area contributed by atoms with Gasteiger partial charge in [0.1, 0.15) is 5.82 Å². The standard InChI is InChI=1S/C16H26FN3/c1-3-20-10-8-15(9-11-20)19(2)12-16(18)13-4-6-14(17)7-5-13/h4-7,15-16H,3,8-12,18H2,1-2H3. The lowest BCUT2D eigenvalue weighted by molar-refractivity contribution is 0.127. The van der Waals surface area contributed by atoms with Gasteiger partial charge in [0.05, 0.1) is 0 Å². The van der Waals surface area contributed by atoms with Crippen molar-refractivity contribution in [2.45, 2.75) is 31.8 Å². The molecule has 1 aliphatic heterocycles. The summed E-state index contributed by atoms with van der Waals surface area (Å²) >= 11 is 0. The first-order valence-electron chi connectivity index (χ1n) is 7.53. The first-order valence-corrected chi connectivity index (χ1v) is 7.53. The molecule has 2 N–H and O–H groups in total. The molecular weight excluding hydrogens is 253 g/mol. The molecule has 0 spiro atoms. The van der Waals surface area contributed by atoms with Gasteiger partial charge in [-0.1, -0.05) is 19.1 Å². The molecule has 112 valence electrons. The van der Waals surface area contributed by atoms with Crippen LogP contribution in [0.25, 0.3) is 0 Å². The first-order chi connectivity index (χ1) is 9.60. The highest BCUT2D eigenvalue weighted by Crippen LogP contribution is 2.18. The SMILES string of the molecule is CCN1CCC(N(C)CC(N)c2ccc(F)cc2)CC1. The van der Waals surface area contributed by atoms with Crippen LogP contribution in [0.3, 0.4) is 0 Å². The van der Waals surface area contributed by atoms with Crippen molar-refractivity contribution in [2.24, 2.45) is 5.73 Å². The van der Waals surface area contributed by atoms with Gasteiger partial charge in [-0.15, -0.1) is 0 Å². The van der Waals surface area contributed by atoms with Gasteiger partial charge in [-0.3, -0.25) is 0 Å². The van der Waals surface area contributed by atoms with Gasteiger partial charge in [0.2, 0.25) is 0 Å². The second-order valence-electron chi connectivity index (χ2n) is 5.76. The van der Waals surface area contributed by atoms with E-state index in [1.165, 1.54) is 38.1 Å². The summed E-state index contributed by atoms with van der Waals surface area (Å²) in [5, 5.41) is 0. The van der Waals surface area contributed by atoms with E-state index in [4.69, 9.17) is 5.73 Å². The van der Waals surface area contributed by atoms with Crippen LogP contribution < -0.4 is 5.73 Å². The molecule has 20 heavy (non-hydrogen) atoms. The quantitative estimate of drug-likeness (QED) is 0.897. The predicted octanol–water partition coefficient (Wildman–Crippen LogP) is 2.24. The number of hydrogen-bond acceptors (Lipinski definition) is 3. The van der Waals surface area contributed by atoms with Crippen molar-refractivity contribution in [3.63, 3.8) is 0 Å². The lowest BCUT2D eigenvalue weighted by Gasteiger charge is -2.37. The predicted molar refractivity (Wildman–Crippen MR) is 81.1 cm³/mol. The fourth-order valence-electron chi connectivity index (χ4n) is 2.95. The number of hydrogen-bond donors (Lipinski definition) is 1. The molecule has 1 heterocycles. The van der Waals surface area contributed by atoms with E-state index < -0.39 is 0 Å². The van der Waals surface area contributed by atoms with Gasteiger partial charge >= 0.3 is 0 Å². The average Bonchev–Trinajstić information content (AvgIpc) is 2.48. The summed E-state index contributed by atoms with van der Waals surface area (Å²) in [6.07, 6.45) is 2.42. The molecule has 1 aromatic carbocycles. The van der Waals surface area contributed by atoms with Crippen LogP contribution in [0.15, 0.2) is 24.3 Å². The highest BCUT2D eigenvalue weighted by atomic mass is 19.1. The lowest BCUT2D eigenvalue weighted by Crippen LogP contribution is -2.45. The maximum atomic E-state index is 12.9. The highest BCUT2D eigenvalue weighted by Gasteiger charge is 2.22. The molecule has 1 unspecified atom stereocenters. The van der Waals surface area contributed by atoms with E-state index in [0.717, 1.165) is 18.7 Å². The molecule has 1 saturated heterocycles. The summed E-state index contributed by atoms with van der Waals surface area (Å²) in [5.41, 5.74) is 7.24. The minimum Gasteiger partial charge on any atom is -0.323 e. The molecule has 4 heteroatoms. The number of nitrogens with zero attached hydrogens (tertiary/aromatic N) is 2. The fourth-order valence-corrected chi connectivity index (χ4v) is 2.95.